The molecule has 0 aromatic rings. The highest BCUT2D eigenvalue weighted by Gasteiger charge is 2.03. The molecule has 0 aliphatic rings. The van der Waals surface area contributed by atoms with Crippen molar-refractivity contribution in [2.24, 2.45) is 5.92 Å². The van der Waals surface area contributed by atoms with Crippen LogP contribution in [0.25, 0.3) is 0 Å². The van der Waals surface area contributed by atoms with E-state index in [0.29, 0.717) is 12.3 Å². The van der Waals surface area contributed by atoms with Crippen molar-refractivity contribution in [3.8, 4) is 6.07 Å². The summed E-state index contributed by atoms with van der Waals surface area (Å²) in [5.74, 6) is -0.440. The number of carboxylic acids is 1. The lowest BCUT2D eigenvalue weighted by Crippen LogP contribution is -1.97. The predicted octanol–water partition coefficient (Wildman–Crippen LogP) is 2.74. The molecule has 0 aliphatic heterocycles. The Morgan fingerprint density at radius 1 is 1.50 bits per heavy atom. The molecular formula is C11H17NO2. The maximum Gasteiger partial charge on any atom is 0.346 e. The van der Waals surface area contributed by atoms with Gasteiger partial charge in [-0.25, -0.2) is 4.79 Å². The predicted molar refractivity (Wildman–Crippen MR) is 54.6 cm³/mol. The van der Waals surface area contributed by atoms with Crippen LogP contribution in [0, 0.1) is 17.2 Å². The van der Waals surface area contributed by atoms with Crippen LogP contribution in [-0.2, 0) is 4.79 Å². The van der Waals surface area contributed by atoms with Gasteiger partial charge in [0, 0.05) is 0 Å². The van der Waals surface area contributed by atoms with Crippen LogP contribution in [0.5, 0.6) is 0 Å². The number of carbonyl (C=O) groups is 1. The molecule has 0 aliphatic carbocycles. The van der Waals surface area contributed by atoms with Crippen LogP contribution in [0.15, 0.2) is 11.6 Å². The monoisotopic (exact) mass is 195 g/mol. The standard InChI is InChI=1S/C11H17NO2/c1-9(2)6-4-3-5-7-10(8-12)11(13)14/h7,9H,3-6H2,1-2H3,(H,13,14). The van der Waals surface area contributed by atoms with Gasteiger partial charge in [0.15, 0.2) is 0 Å². The van der Waals surface area contributed by atoms with Crippen LogP contribution in [0.4, 0.5) is 0 Å². The molecule has 1 N–H and O–H groups in total. The number of hydrogen-bond acceptors (Lipinski definition) is 2. The Bertz CT molecular complexity index is 249. The molecule has 3 nitrogen and oxygen atoms in total. The molecule has 0 aromatic heterocycles. The highest BCUT2D eigenvalue weighted by atomic mass is 16.4. The molecule has 0 bridgehead atoms. The van der Waals surface area contributed by atoms with E-state index < -0.39 is 5.97 Å². The summed E-state index contributed by atoms with van der Waals surface area (Å²) >= 11 is 0. The molecule has 0 saturated carbocycles. The molecule has 78 valence electrons. The minimum atomic E-state index is -1.13. The molecule has 0 saturated heterocycles. The first-order chi connectivity index (χ1) is 6.57. The first kappa shape index (κ1) is 12.7. The number of unbranched alkanes of at least 4 members (excludes halogenated alkanes) is 2. The Morgan fingerprint density at radius 2 is 2.14 bits per heavy atom. The number of allylic oxidation sites excluding steroid dienone is 1. The molecule has 0 atom stereocenters. The maximum atomic E-state index is 10.4. The van der Waals surface area contributed by atoms with E-state index in [1.54, 1.807) is 6.07 Å². The third kappa shape index (κ3) is 6.24. The van der Waals surface area contributed by atoms with Crippen molar-refractivity contribution in [3.63, 3.8) is 0 Å². The van der Waals surface area contributed by atoms with Crippen molar-refractivity contribution in [1.82, 2.24) is 0 Å². The van der Waals surface area contributed by atoms with Gasteiger partial charge in [0.2, 0.25) is 0 Å². The van der Waals surface area contributed by atoms with Crippen molar-refractivity contribution in [2.45, 2.75) is 39.5 Å². The van der Waals surface area contributed by atoms with Crippen molar-refractivity contribution in [2.75, 3.05) is 0 Å². The highest BCUT2D eigenvalue weighted by Crippen LogP contribution is 2.09. The van der Waals surface area contributed by atoms with E-state index in [0.717, 1.165) is 19.3 Å². The van der Waals surface area contributed by atoms with E-state index in [1.807, 2.05) is 0 Å². The summed E-state index contributed by atoms with van der Waals surface area (Å²) < 4.78 is 0. The second-order valence-corrected chi connectivity index (χ2v) is 3.71. The van der Waals surface area contributed by atoms with E-state index in [-0.39, 0.29) is 5.57 Å². The normalized spacial score (nSPS) is 11.4. The fraction of sp³-hybridized carbons (Fsp3) is 0.636. The third-order valence-corrected chi connectivity index (χ3v) is 1.93. The van der Waals surface area contributed by atoms with E-state index in [1.165, 1.54) is 6.08 Å². The van der Waals surface area contributed by atoms with E-state index >= 15 is 0 Å². The molecular weight excluding hydrogens is 178 g/mol. The maximum absolute atomic E-state index is 10.4. The van der Waals surface area contributed by atoms with Gasteiger partial charge in [-0.05, 0) is 18.8 Å². The highest BCUT2D eigenvalue weighted by molar-refractivity contribution is 5.90. The number of aliphatic carboxylic acids is 1. The summed E-state index contributed by atoms with van der Waals surface area (Å²) in [7, 11) is 0. The summed E-state index contributed by atoms with van der Waals surface area (Å²) in [4.78, 5) is 10.4. The fourth-order valence-corrected chi connectivity index (χ4v) is 1.12. The number of nitriles is 1. The Hall–Kier alpha value is -1.30. The van der Waals surface area contributed by atoms with Gasteiger partial charge in [0.05, 0.1) is 0 Å². The smallest absolute Gasteiger partial charge is 0.346 e. The van der Waals surface area contributed by atoms with Crippen molar-refractivity contribution < 1.29 is 9.90 Å². The average molecular weight is 195 g/mol. The third-order valence-electron chi connectivity index (χ3n) is 1.93. The van der Waals surface area contributed by atoms with Gasteiger partial charge in [-0.1, -0.05) is 32.8 Å². The van der Waals surface area contributed by atoms with Gasteiger partial charge in [0.1, 0.15) is 11.6 Å². The van der Waals surface area contributed by atoms with Crippen LogP contribution in [0.2, 0.25) is 0 Å². The van der Waals surface area contributed by atoms with Crippen LogP contribution in [0.3, 0.4) is 0 Å². The van der Waals surface area contributed by atoms with Crippen molar-refractivity contribution in [1.29, 1.82) is 5.26 Å². The summed E-state index contributed by atoms with van der Waals surface area (Å²) in [5, 5.41) is 17.0. The van der Waals surface area contributed by atoms with Gasteiger partial charge in [-0.15, -0.1) is 0 Å². The lowest BCUT2D eigenvalue weighted by atomic mass is 10.0. The van der Waals surface area contributed by atoms with Gasteiger partial charge >= 0.3 is 5.97 Å². The molecule has 0 spiro atoms. The van der Waals surface area contributed by atoms with Gasteiger partial charge in [0.25, 0.3) is 0 Å². The van der Waals surface area contributed by atoms with Crippen molar-refractivity contribution in [3.05, 3.63) is 11.6 Å². The second kappa shape index (κ2) is 7.14. The first-order valence-corrected chi connectivity index (χ1v) is 4.91. The topological polar surface area (TPSA) is 61.1 Å². The zero-order valence-corrected chi connectivity index (χ0v) is 8.79. The SMILES string of the molecule is CC(C)CCCCC=C(C#N)C(=O)O. The summed E-state index contributed by atoms with van der Waals surface area (Å²) in [6.07, 6.45) is 5.39. The first-order valence-electron chi connectivity index (χ1n) is 4.91. The Balaban J connectivity index is 3.71. The molecule has 0 unspecified atom stereocenters. The average Bonchev–Trinajstić information content (AvgIpc) is 2.10. The lowest BCUT2D eigenvalue weighted by molar-refractivity contribution is -0.132. The molecule has 14 heavy (non-hydrogen) atoms. The number of nitrogens with zero attached hydrogens (tertiary/aromatic N) is 1. The van der Waals surface area contributed by atoms with Gasteiger partial charge in [-0.3, -0.25) is 0 Å². The quantitative estimate of drug-likeness (QED) is 0.402. The largest absolute Gasteiger partial charge is 0.477 e. The van der Waals surface area contributed by atoms with E-state index in [2.05, 4.69) is 13.8 Å². The minimum Gasteiger partial charge on any atom is -0.477 e. The summed E-state index contributed by atoms with van der Waals surface area (Å²) in [6.45, 7) is 4.32. The summed E-state index contributed by atoms with van der Waals surface area (Å²) in [5.41, 5.74) is -0.144. The molecule has 0 heterocycles. The van der Waals surface area contributed by atoms with Crippen LogP contribution in [0.1, 0.15) is 39.5 Å². The fourth-order valence-electron chi connectivity index (χ4n) is 1.12. The van der Waals surface area contributed by atoms with E-state index in [9.17, 15) is 4.79 Å². The molecule has 0 radical (unpaired) electrons. The molecule has 0 amide bonds. The second-order valence-electron chi connectivity index (χ2n) is 3.71. The summed E-state index contributed by atoms with van der Waals surface area (Å²) in [6, 6.07) is 1.66. The van der Waals surface area contributed by atoms with E-state index in [4.69, 9.17) is 10.4 Å². The Kier molecular flexibility index (Phi) is 6.47. The van der Waals surface area contributed by atoms with Gasteiger partial charge < -0.3 is 5.11 Å². The van der Waals surface area contributed by atoms with Gasteiger partial charge in [-0.2, -0.15) is 5.26 Å². The zero-order valence-electron chi connectivity index (χ0n) is 8.79. The number of hydrogen-bond donors (Lipinski definition) is 1. The molecule has 3 heteroatoms. The van der Waals surface area contributed by atoms with Crippen LogP contribution in [-0.4, -0.2) is 11.1 Å². The zero-order chi connectivity index (χ0) is 11.0. The minimum absolute atomic E-state index is 0.144. The van der Waals surface area contributed by atoms with Crippen LogP contribution >= 0.6 is 0 Å². The molecule has 0 fully saturated rings. The van der Waals surface area contributed by atoms with Crippen molar-refractivity contribution >= 4 is 5.97 Å². The number of rotatable bonds is 6. The molecule has 0 rings (SSSR count). The lowest BCUT2D eigenvalue weighted by Gasteiger charge is -2.01. The Morgan fingerprint density at radius 3 is 2.57 bits per heavy atom. The Labute approximate surface area is 85.0 Å². The molecule has 0 aromatic carbocycles. The van der Waals surface area contributed by atoms with Crippen LogP contribution < -0.4 is 0 Å². The number of carboxylic acid groups (broad SMARTS) is 1.